The quantitative estimate of drug-likeness (QED) is 0.774. The molecule has 0 saturated heterocycles. The number of nitrogens with one attached hydrogen (secondary N) is 2. The van der Waals surface area contributed by atoms with Gasteiger partial charge < -0.3 is 15.4 Å². The smallest absolute Gasteiger partial charge is 0.341 e. The first-order valence-corrected chi connectivity index (χ1v) is 9.78. The third kappa shape index (κ3) is 3.08. The molecule has 4 rings (SSSR count). The van der Waals surface area contributed by atoms with Crippen LogP contribution in [-0.4, -0.2) is 28.5 Å². The zero-order valence-corrected chi connectivity index (χ0v) is 16.8. The molecule has 1 saturated carbocycles. The van der Waals surface area contributed by atoms with Crippen molar-refractivity contribution in [1.82, 2.24) is 14.9 Å². The van der Waals surface area contributed by atoms with Crippen LogP contribution in [0.3, 0.4) is 0 Å². The van der Waals surface area contributed by atoms with E-state index in [2.05, 4.69) is 15.6 Å². The summed E-state index contributed by atoms with van der Waals surface area (Å²) >= 11 is 0. The van der Waals surface area contributed by atoms with Gasteiger partial charge in [-0.25, -0.2) is 4.79 Å². The van der Waals surface area contributed by atoms with Crippen LogP contribution in [0.25, 0.3) is 0 Å². The van der Waals surface area contributed by atoms with Crippen LogP contribution >= 0.6 is 0 Å². The van der Waals surface area contributed by atoms with E-state index < -0.39 is 11.6 Å². The Hall–Kier alpha value is -3.16. The lowest BCUT2D eigenvalue weighted by Crippen LogP contribution is -2.48. The summed E-state index contributed by atoms with van der Waals surface area (Å²) in [6, 6.07) is 3.35. The number of ether oxygens (including phenoxy) is 1. The highest BCUT2D eigenvalue weighted by atomic mass is 16.5. The molecule has 0 bridgehead atoms. The number of nitrogens with zero attached hydrogens (tertiary/aromatic N) is 2. The van der Waals surface area contributed by atoms with E-state index >= 15 is 0 Å². The third-order valence-electron chi connectivity index (χ3n) is 5.78. The SMILES string of the molecule is COC(=O)c1cnc(C)cc1Nc1cc(C)c2n(c1=O)C1(CCCCC1)NC2=O. The number of pyridine rings is 2. The van der Waals surface area contributed by atoms with E-state index in [1.54, 1.807) is 23.6 Å². The second-order valence-electron chi connectivity index (χ2n) is 7.76. The van der Waals surface area contributed by atoms with Crippen molar-refractivity contribution < 1.29 is 14.3 Å². The monoisotopic (exact) mass is 396 g/mol. The fourth-order valence-electron chi connectivity index (χ4n) is 4.42. The van der Waals surface area contributed by atoms with Crippen molar-refractivity contribution in [2.24, 2.45) is 0 Å². The molecule has 29 heavy (non-hydrogen) atoms. The molecule has 8 nitrogen and oxygen atoms in total. The van der Waals surface area contributed by atoms with Crippen LogP contribution in [0.4, 0.5) is 11.4 Å². The van der Waals surface area contributed by atoms with Crippen molar-refractivity contribution >= 4 is 23.3 Å². The van der Waals surface area contributed by atoms with Gasteiger partial charge in [-0.2, -0.15) is 0 Å². The minimum atomic E-state index is -0.663. The molecule has 1 fully saturated rings. The maximum Gasteiger partial charge on any atom is 0.341 e. The van der Waals surface area contributed by atoms with Crippen LogP contribution in [-0.2, 0) is 10.4 Å². The predicted molar refractivity (Wildman–Crippen MR) is 108 cm³/mol. The van der Waals surface area contributed by atoms with Gasteiger partial charge in [0.1, 0.15) is 22.6 Å². The number of rotatable bonds is 3. The molecule has 1 amide bonds. The molecule has 3 heterocycles. The van der Waals surface area contributed by atoms with Crippen LogP contribution in [0.15, 0.2) is 23.1 Å². The molecule has 2 aromatic heterocycles. The molecule has 0 unspecified atom stereocenters. The van der Waals surface area contributed by atoms with Crippen molar-refractivity contribution in [3.05, 3.63) is 51.2 Å². The van der Waals surface area contributed by atoms with Gasteiger partial charge >= 0.3 is 5.97 Å². The lowest BCUT2D eigenvalue weighted by Gasteiger charge is -2.35. The Kier molecular flexibility index (Phi) is 4.64. The average molecular weight is 396 g/mol. The number of carbonyl (C=O) groups is 2. The molecule has 0 aromatic carbocycles. The van der Waals surface area contributed by atoms with Crippen molar-refractivity contribution in [2.75, 3.05) is 12.4 Å². The predicted octanol–water partition coefficient (Wildman–Crippen LogP) is 2.75. The molecular formula is C21H24N4O4. The third-order valence-corrected chi connectivity index (χ3v) is 5.78. The number of fused-ring (bicyclic) bond motifs is 2. The Morgan fingerprint density at radius 1 is 1.17 bits per heavy atom. The summed E-state index contributed by atoms with van der Waals surface area (Å²) in [6.45, 7) is 3.61. The summed E-state index contributed by atoms with van der Waals surface area (Å²) in [6.07, 6.45) is 5.90. The van der Waals surface area contributed by atoms with Gasteiger partial charge in [-0.05, 0) is 57.2 Å². The largest absolute Gasteiger partial charge is 0.465 e. The summed E-state index contributed by atoms with van der Waals surface area (Å²) < 4.78 is 6.45. The Bertz CT molecular complexity index is 1070. The van der Waals surface area contributed by atoms with Crippen molar-refractivity contribution in [3.8, 4) is 0 Å². The van der Waals surface area contributed by atoms with Gasteiger partial charge in [0.15, 0.2) is 0 Å². The van der Waals surface area contributed by atoms with E-state index in [0.717, 1.165) is 32.1 Å². The summed E-state index contributed by atoms with van der Waals surface area (Å²) in [5.41, 5.74) is 1.86. The van der Waals surface area contributed by atoms with Crippen molar-refractivity contribution in [3.63, 3.8) is 0 Å². The van der Waals surface area contributed by atoms with Crippen LogP contribution < -0.4 is 16.2 Å². The highest BCUT2D eigenvalue weighted by Crippen LogP contribution is 2.37. The number of hydrogen-bond acceptors (Lipinski definition) is 6. The minimum absolute atomic E-state index is 0.206. The van der Waals surface area contributed by atoms with Gasteiger partial charge in [0.05, 0.1) is 12.8 Å². The molecule has 0 atom stereocenters. The zero-order chi connectivity index (χ0) is 20.8. The van der Waals surface area contributed by atoms with Crippen LogP contribution in [0, 0.1) is 13.8 Å². The normalized spacial score (nSPS) is 17.0. The van der Waals surface area contributed by atoms with Crippen molar-refractivity contribution in [1.29, 1.82) is 0 Å². The van der Waals surface area contributed by atoms with Gasteiger partial charge in [0.2, 0.25) is 0 Å². The molecule has 1 aliphatic heterocycles. The fourth-order valence-corrected chi connectivity index (χ4v) is 4.42. The van der Waals surface area contributed by atoms with Gasteiger partial charge in [0.25, 0.3) is 11.5 Å². The molecule has 1 aliphatic carbocycles. The molecule has 2 N–H and O–H groups in total. The maximum atomic E-state index is 13.4. The first-order valence-electron chi connectivity index (χ1n) is 9.78. The highest BCUT2D eigenvalue weighted by Gasteiger charge is 2.45. The maximum absolute atomic E-state index is 13.4. The Balaban J connectivity index is 1.85. The van der Waals surface area contributed by atoms with E-state index in [1.807, 2.05) is 6.92 Å². The molecule has 0 radical (unpaired) electrons. The standard InChI is InChI=1S/C21H24N4O4/c1-12-9-16(23-15-10-13(2)22-11-14(15)20(28)29-3)19(27)25-17(12)18(26)24-21(25)7-5-4-6-8-21/h9-11H,4-8H2,1-3H3,(H,22,23)(H,24,26). The lowest BCUT2D eigenvalue weighted by molar-refractivity contribution is 0.0601. The number of hydrogen-bond donors (Lipinski definition) is 2. The Morgan fingerprint density at radius 3 is 2.59 bits per heavy atom. The second-order valence-corrected chi connectivity index (χ2v) is 7.76. The fraction of sp³-hybridized carbons (Fsp3) is 0.429. The Morgan fingerprint density at radius 2 is 1.90 bits per heavy atom. The number of anilines is 2. The Labute approximate surface area is 168 Å². The molecule has 8 heteroatoms. The van der Waals surface area contributed by atoms with Crippen LogP contribution in [0.1, 0.15) is 64.2 Å². The number of carbonyl (C=O) groups excluding carboxylic acids is 2. The van der Waals surface area contributed by atoms with Gasteiger partial charge in [-0.15, -0.1) is 0 Å². The van der Waals surface area contributed by atoms with Gasteiger partial charge in [-0.3, -0.25) is 19.1 Å². The minimum Gasteiger partial charge on any atom is -0.465 e. The van der Waals surface area contributed by atoms with E-state index in [1.165, 1.54) is 13.3 Å². The van der Waals surface area contributed by atoms with Crippen LogP contribution in [0.2, 0.25) is 0 Å². The van der Waals surface area contributed by atoms with Gasteiger partial charge in [-0.1, -0.05) is 6.42 Å². The summed E-state index contributed by atoms with van der Waals surface area (Å²) in [7, 11) is 1.30. The number of aromatic nitrogens is 2. The number of methoxy groups -OCH3 is 1. The summed E-state index contributed by atoms with van der Waals surface area (Å²) in [5, 5.41) is 6.16. The first-order chi connectivity index (χ1) is 13.9. The number of aryl methyl sites for hydroxylation is 2. The topological polar surface area (TPSA) is 102 Å². The lowest BCUT2D eigenvalue weighted by atomic mass is 9.89. The first kappa shape index (κ1) is 19.2. The zero-order valence-electron chi connectivity index (χ0n) is 16.8. The molecule has 2 aromatic rings. The number of esters is 1. The van der Waals surface area contributed by atoms with Crippen molar-refractivity contribution in [2.45, 2.75) is 51.6 Å². The van der Waals surface area contributed by atoms with Gasteiger partial charge in [0, 0.05) is 11.9 Å². The van der Waals surface area contributed by atoms with E-state index in [-0.39, 0.29) is 17.0 Å². The summed E-state index contributed by atoms with van der Waals surface area (Å²) in [5.74, 6) is -0.748. The molecular weight excluding hydrogens is 372 g/mol. The second kappa shape index (κ2) is 7.02. The molecule has 152 valence electrons. The van der Waals surface area contributed by atoms with Crippen LogP contribution in [0.5, 0.6) is 0 Å². The van der Waals surface area contributed by atoms with E-state index in [4.69, 9.17) is 4.74 Å². The summed E-state index contributed by atoms with van der Waals surface area (Å²) in [4.78, 5) is 42.4. The average Bonchev–Trinajstić information content (AvgIpc) is 2.98. The number of amides is 1. The molecule has 2 aliphatic rings. The van der Waals surface area contributed by atoms with E-state index in [0.29, 0.717) is 28.3 Å². The molecule has 1 spiro atoms. The van der Waals surface area contributed by atoms with E-state index in [9.17, 15) is 14.4 Å². The highest BCUT2D eigenvalue weighted by molar-refractivity contribution is 5.98.